The van der Waals surface area contributed by atoms with Gasteiger partial charge in [0.1, 0.15) is 30.7 Å². The Hall–Kier alpha value is -2.79. The van der Waals surface area contributed by atoms with Crippen LogP contribution in [-0.2, 0) is 23.8 Å². The van der Waals surface area contributed by atoms with E-state index in [0.29, 0.717) is 17.6 Å². The number of nitrogens with zero attached hydrogens (tertiary/aromatic N) is 4. The summed E-state index contributed by atoms with van der Waals surface area (Å²) in [6.07, 6.45) is 20.0. The number of carbonyl (C=O) groups is 2. The van der Waals surface area contributed by atoms with Crippen LogP contribution < -0.4 is 5.73 Å². The maximum Gasteiger partial charge on any atom is 0.306 e. The zero-order chi connectivity index (χ0) is 32.3. The minimum Gasteiger partial charge on any atom is -0.463 e. The fraction of sp³-hybridized carbons (Fsp3) is 0.794. The molecule has 11 nitrogen and oxygen atoms in total. The highest BCUT2D eigenvalue weighted by molar-refractivity contribution is 5.81. The van der Waals surface area contributed by atoms with E-state index < -0.39 is 30.5 Å². The Balaban J connectivity index is 1.48. The summed E-state index contributed by atoms with van der Waals surface area (Å²) in [6.45, 7) is 4.29. The molecule has 0 radical (unpaired) electrons. The highest BCUT2D eigenvalue weighted by atomic mass is 16.6. The van der Waals surface area contributed by atoms with Gasteiger partial charge in [-0.25, -0.2) is 15.0 Å². The van der Waals surface area contributed by atoms with E-state index in [1.54, 1.807) is 4.57 Å². The Labute approximate surface area is 269 Å². The Bertz CT molecular complexity index is 1130. The van der Waals surface area contributed by atoms with Crippen LogP contribution in [0.25, 0.3) is 11.2 Å². The minimum absolute atomic E-state index is 0.149. The quantitative estimate of drug-likeness (QED) is 0.0918. The Morgan fingerprint density at radius 2 is 1.33 bits per heavy atom. The fourth-order valence-electron chi connectivity index (χ4n) is 5.88. The van der Waals surface area contributed by atoms with Gasteiger partial charge in [0.25, 0.3) is 0 Å². The molecule has 1 aliphatic rings. The third-order valence-corrected chi connectivity index (χ3v) is 8.62. The van der Waals surface area contributed by atoms with Crippen molar-refractivity contribution in [1.29, 1.82) is 0 Å². The van der Waals surface area contributed by atoms with Gasteiger partial charge in [0.15, 0.2) is 23.8 Å². The number of rotatable bonds is 24. The molecule has 45 heavy (non-hydrogen) atoms. The lowest BCUT2D eigenvalue weighted by Crippen LogP contribution is -2.37. The van der Waals surface area contributed by atoms with Crippen molar-refractivity contribution in [2.45, 2.75) is 167 Å². The van der Waals surface area contributed by atoms with Gasteiger partial charge in [-0.1, -0.05) is 117 Å². The number of aromatic nitrogens is 4. The van der Waals surface area contributed by atoms with Crippen LogP contribution in [0.3, 0.4) is 0 Å². The molecule has 0 aliphatic carbocycles. The number of anilines is 1. The topological polar surface area (TPSA) is 152 Å². The third-order valence-electron chi connectivity index (χ3n) is 8.62. The maximum atomic E-state index is 12.9. The number of carbonyl (C=O) groups excluding carboxylic acids is 2. The second-order valence-corrected chi connectivity index (χ2v) is 12.4. The van der Waals surface area contributed by atoms with Gasteiger partial charge < -0.3 is 25.1 Å². The normalized spacial score (nSPS) is 19.7. The number of fused-ring (bicyclic) bond motifs is 1. The number of hydrogen-bond donors (Lipinski definition) is 2. The van der Waals surface area contributed by atoms with Crippen LogP contribution in [0.5, 0.6) is 0 Å². The molecule has 2 aromatic heterocycles. The number of aliphatic hydroxyl groups excluding tert-OH is 1. The average molecular weight is 632 g/mol. The lowest BCUT2D eigenvalue weighted by Gasteiger charge is -2.22. The Kier molecular flexibility index (Phi) is 17.2. The third kappa shape index (κ3) is 12.5. The molecule has 3 N–H and O–H groups in total. The van der Waals surface area contributed by atoms with Crippen LogP contribution in [-0.4, -0.2) is 61.5 Å². The SMILES string of the molecule is CCCCCCCCCCCC(=O)OC[C@H]1O[C@@H](n2cnc3c(N)ncnc32)[C@H](OC(=O)CCCCCCCCCCC)[C@@H]1O. The zero-order valence-electron chi connectivity index (χ0n) is 27.7. The highest BCUT2D eigenvalue weighted by Gasteiger charge is 2.48. The molecule has 3 rings (SSSR count). The van der Waals surface area contributed by atoms with E-state index in [-0.39, 0.29) is 24.8 Å². The zero-order valence-corrected chi connectivity index (χ0v) is 27.7. The lowest BCUT2D eigenvalue weighted by atomic mass is 10.1. The van der Waals surface area contributed by atoms with Crippen LogP contribution in [0.4, 0.5) is 5.82 Å². The number of esters is 2. The largest absolute Gasteiger partial charge is 0.463 e. The standard InChI is InChI=1S/C34H57N5O6/c1-3-5-7-9-11-13-15-17-19-21-27(40)43-23-26-30(42)31(45-28(41)22-20-18-16-14-12-10-8-6-4-2)34(44-26)39-25-38-29-32(35)36-24-37-33(29)39/h24-26,30-31,34,42H,3-23H2,1-2H3,(H2,35,36,37)/t26-,30-,31-,34-/m1/s1. The van der Waals surface area contributed by atoms with Crippen molar-refractivity contribution in [3.05, 3.63) is 12.7 Å². The van der Waals surface area contributed by atoms with Gasteiger partial charge in [-0.3, -0.25) is 14.2 Å². The van der Waals surface area contributed by atoms with Crippen molar-refractivity contribution in [2.75, 3.05) is 12.3 Å². The summed E-state index contributed by atoms with van der Waals surface area (Å²) in [7, 11) is 0. The van der Waals surface area contributed by atoms with Crippen molar-refractivity contribution in [2.24, 2.45) is 0 Å². The van der Waals surface area contributed by atoms with Gasteiger partial charge in [0, 0.05) is 12.8 Å². The molecule has 254 valence electrons. The van der Waals surface area contributed by atoms with Gasteiger partial charge in [-0.2, -0.15) is 0 Å². The second-order valence-electron chi connectivity index (χ2n) is 12.4. The summed E-state index contributed by atoms with van der Waals surface area (Å²) in [5.41, 5.74) is 6.74. The van der Waals surface area contributed by atoms with Crippen LogP contribution in [0.15, 0.2) is 12.7 Å². The summed E-state index contributed by atoms with van der Waals surface area (Å²) in [4.78, 5) is 37.9. The first-order valence-corrected chi connectivity index (χ1v) is 17.6. The molecule has 0 amide bonds. The predicted octanol–water partition coefficient (Wildman–Crippen LogP) is 6.96. The number of imidazole rings is 1. The summed E-state index contributed by atoms with van der Waals surface area (Å²) >= 11 is 0. The maximum absolute atomic E-state index is 12.9. The molecular formula is C34H57N5O6. The van der Waals surface area contributed by atoms with Crippen LogP contribution in [0.1, 0.15) is 148 Å². The summed E-state index contributed by atoms with van der Waals surface area (Å²) < 4.78 is 19.0. The van der Waals surface area contributed by atoms with Crippen LogP contribution in [0, 0.1) is 0 Å². The second kappa shape index (κ2) is 21.1. The molecule has 1 fully saturated rings. The van der Waals surface area contributed by atoms with Crippen molar-refractivity contribution in [1.82, 2.24) is 19.5 Å². The molecule has 0 unspecified atom stereocenters. The van der Waals surface area contributed by atoms with Gasteiger partial charge >= 0.3 is 11.9 Å². The number of nitrogens with two attached hydrogens (primary N) is 1. The molecule has 0 bridgehead atoms. The first-order chi connectivity index (χ1) is 22.0. The molecule has 0 saturated carbocycles. The smallest absolute Gasteiger partial charge is 0.306 e. The van der Waals surface area contributed by atoms with E-state index in [0.717, 1.165) is 38.5 Å². The van der Waals surface area contributed by atoms with Crippen LogP contribution >= 0.6 is 0 Å². The van der Waals surface area contributed by atoms with Gasteiger partial charge in [-0.05, 0) is 12.8 Å². The van der Waals surface area contributed by atoms with E-state index >= 15 is 0 Å². The molecule has 1 saturated heterocycles. The Morgan fingerprint density at radius 1 is 0.800 bits per heavy atom. The van der Waals surface area contributed by atoms with E-state index in [9.17, 15) is 14.7 Å². The first kappa shape index (κ1) is 36.7. The summed E-state index contributed by atoms with van der Waals surface area (Å²) in [6, 6.07) is 0. The number of aliphatic hydroxyl groups is 1. The number of hydrogen-bond acceptors (Lipinski definition) is 10. The molecular weight excluding hydrogens is 574 g/mol. The van der Waals surface area contributed by atoms with Crippen LogP contribution in [0.2, 0.25) is 0 Å². The van der Waals surface area contributed by atoms with Gasteiger partial charge in [-0.15, -0.1) is 0 Å². The molecule has 2 aromatic rings. The van der Waals surface area contributed by atoms with Crippen molar-refractivity contribution < 1.29 is 28.9 Å². The predicted molar refractivity (Wildman–Crippen MR) is 174 cm³/mol. The molecule has 4 atom stereocenters. The van der Waals surface area contributed by atoms with Gasteiger partial charge in [0.2, 0.25) is 0 Å². The monoisotopic (exact) mass is 631 g/mol. The minimum atomic E-state index is -1.21. The van der Waals surface area contributed by atoms with Crippen molar-refractivity contribution in [3.63, 3.8) is 0 Å². The van der Waals surface area contributed by atoms with E-state index in [4.69, 9.17) is 19.9 Å². The number of nitrogen functional groups attached to an aromatic ring is 1. The number of unbranched alkanes of at least 4 members (excludes halogenated alkanes) is 16. The molecule has 11 heteroatoms. The number of ether oxygens (including phenoxy) is 3. The summed E-state index contributed by atoms with van der Waals surface area (Å²) in [5.74, 6) is -0.528. The highest BCUT2D eigenvalue weighted by Crippen LogP contribution is 2.34. The Morgan fingerprint density at radius 3 is 1.91 bits per heavy atom. The lowest BCUT2D eigenvalue weighted by molar-refractivity contribution is -0.158. The molecule has 0 aromatic carbocycles. The van der Waals surface area contributed by atoms with Crippen molar-refractivity contribution >= 4 is 28.9 Å². The first-order valence-electron chi connectivity index (χ1n) is 17.6. The van der Waals surface area contributed by atoms with E-state index in [2.05, 4.69) is 28.8 Å². The van der Waals surface area contributed by atoms with Gasteiger partial charge in [0.05, 0.1) is 6.33 Å². The molecule has 0 spiro atoms. The molecule has 1 aliphatic heterocycles. The average Bonchev–Trinajstić information content (AvgIpc) is 3.60. The van der Waals surface area contributed by atoms with Crippen molar-refractivity contribution in [3.8, 4) is 0 Å². The van der Waals surface area contributed by atoms with E-state index in [1.807, 2.05) is 0 Å². The summed E-state index contributed by atoms with van der Waals surface area (Å²) in [5, 5.41) is 11.2. The van der Waals surface area contributed by atoms with E-state index in [1.165, 1.54) is 89.7 Å². The fourth-order valence-corrected chi connectivity index (χ4v) is 5.88. The molecule has 3 heterocycles.